The predicted octanol–water partition coefficient (Wildman–Crippen LogP) is 2.24. The van der Waals surface area contributed by atoms with Crippen LogP contribution in [0.25, 0.3) is 0 Å². The molecule has 0 spiro atoms. The largest absolute Gasteiger partial charge is 0.491 e. The first-order chi connectivity index (χ1) is 15.9. The molecule has 1 heterocycles. The molecule has 1 aromatic carbocycles. The van der Waals surface area contributed by atoms with Gasteiger partial charge in [-0.2, -0.15) is 0 Å². The summed E-state index contributed by atoms with van der Waals surface area (Å²) in [5, 5.41) is 44.2. The van der Waals surface area contributed by atoms with Crippen LogP contribution in [0.4, 0.5) is 8.78 Å². The fraction of sp³-hybridized carbons (Fsp3) is 0.625. The third-order valence-corrected chi connectivity index (χ3v) is 6.13. The molecule has 1 fully saturated rings. The molecule has 5 atom stereocenters. The third kappa shape index (κ3) is 5.05. The fourth-order valence-electron chi connectivity index (χ4n) is 4.27. The van der Waals surface area contributed by atoms with E-state index in [0.717, 1.165) is 5.56 Å². The summed E-state index contributed by atoms with van der Waals surface area (Å²) in [7, 11) is 0. The van der Waals surface area contributed by atoms with E-state index in [1.165, 1.54) is 0 Å². The molecular formula is C24H34F2N2O6. The second-order valence-electron chi connectivity index (χ2n) is 9.37. The van der Waals surface area contributed by atoms with Crippen molar-refractivity contribution >= 4 is 0 Å². The van der Waals surface area contributed by atoms with Crippen molar-refractivity contribution in [3.8, 4) is 11.6 Å². The van der Waals surface area contributed by atoms with E-state index in [0.29, 0.717) is 23.4 Å². The van der Waals surface area contributed by atoms with Crippen LogP contribution in [-0.4, -0.2) is 73.3 Å². The standard InChI is InChI=1S/C24H34F2N2O6/c1-12(2)28-14(5)17(10-15-6-8-16(9-7-15)33-13(3)4)23(27-28)34-22-21(32)20(31)19(30)18(11-29)24(22,25)26/h6-9,12-13,18-22,29-32H,10-11H2,1-5H3/t18-,19-,20+,21-,22+/m1/s1. The number of rotatable bonds is 8. The summed E-state index contributed by atoms with van der Waals surface area (Å²) >= 11 is 0. The van der Waals surface area contributed by atoms with Gasteiger partial charge in [0.2, 0.25) is 5.88 Å². The number of alkyl halides is 2. The van der Waals surface area contributed by atoms with Crippen molar-refractivity contribution < 1.29 is 38.7 Å². The van der Waals surface area contributed by atoms with E-state index in [4.69, 9.17) is 9.47 Å². The van der Waals surface area contributed by atoms with E-state index in [1.54, 1.807) is 11.6 Å². The first-order valence-corrected chi connectivity index (χ1v) is 11.4. The molecule has 1 aliphatic rings. The predicted molar refractivity (Wildman–Crippen MR) is 120 cm³/mol. The van der Waals surface area contributed by atoms with Crippen LogP contribution in [-0.2, 0) is 6.42 Å². The highest BCUT2D eigenvalue weighted by Crippen LogP contribution is 2.42. The summed E-state index contributed by atoms with van der Waals surface area (Å²) in [5.41, 5.74) is 2.13. The summed E-state index contributed by atoms with van der Waals surface area (Å²) in [6.45, 7) is 8.34. The molecule has 0 bridgehead atoms. The van der Waals surface area contributed by atoms with Gasteiger partial charge in [-0.15, -0.1) is 5.10 Å². The van der Waals surface area contributed by atoms with E-state index in [2.05, 4.69) is 5.10 Å². The van der Waals surface area contributed by atoms with Crippen LogP contribution in [0.2, 0.25) is 0 Å². The molecule has 4 N–H and O–H groups in total. The molecular weight excluding hydrogens is 450 g/mol. The maximum Gasteiger partial charge on any atom is 0.294 e. The van der Waals surface area contributed by atoms with Crippen LogP contribution >= 0.6 is 0 Å². The average Bonchev–Trinajstić information content (AvgIpc) is 3.06. The molecule has 1 aromatic heterocycles. The second kappa shape index (κ2) is 10.2. The fourth-order valence-corrected chi connectivity index (χ4v) is 4.27. The number of hydrogen-bond donors (Lipinski definition) is 4. The second-order valence-corrected chi connectivity index (χ2v) is 9.37. The molecule has 0 saturated heterocycles. The summed E-state index contributed by atoms with van der Waals surface area (Å²) in [4.78, 5) is 0. The smallest absolute Gasteiger partial charge is 0.294 e. The van der Waals surface area contributed by atoms with Gasteiger partial charge in [-0.25, -0.2) is 8.78 Å². The van der Waals surface area contributed by atoms with Crippen molar-refractivity contribution in [3.05, 3.63) is 41.1 Å². The molecule has 190 valence electrons. The number of aliphatic hydroxyl groups is 4. The lowest BCUT2D eigenvalue weighted by molar-refractivity contribution is -0.266. The lowest BCUT2D eigenvalue weighted by atomic mass is 9.78. The first-order valence-electron chi connectivity index (χ1n) is 11.4. The average molecular weight is 485 g/mol. The Morgan fingerprint density at radius 1 is 1.03 bits per heavy atom. The molecule has 10 heteroatoms. The number of hydrogen-bond acceptors (Lipinski definition) is 7. The van der Waals surface area contributed by atoms with E-state index in [1.807, 2.05) is 52.0 Å². The van der Waals surface area contributed by atoms with Crippen LogP contribution in [0.5, 0.6) is 11.6 Å². The van der Waals surface area contributed by atoms with E-state index in [-0.39, 0.29) is 18.0 Å². The van der Waals surface area contributed by atoms with Crippen molar-refractivity contribution in [2.45, 2.75) is 83.5 Å². The van der Waals surface area contributed by atoms with Gasteiger partial charge in [-0.1, -0.05) is 12.1 Å². The molecule has 1 saturated carbocycles. The highest BCUT2D eigenvalue weighted by atomic mass is 19.3. The molecule has 0 amide bonds. The number of aliphatic hydroxyl groups excluding tert-OH is 4. The zero-order chi connectivity index (χ0) is 25.4. The van der Waals surface area contributed by atoms with Gasteiger partial charge < -0.3 is 29.9 Å². The molecule has 1 aliphatic carbocycles. The van der Waals surface area contributed by atoms with Crippen LogP contribution in [0.3, 0.4) is 0 Å². The Kier molecular flexibility index (Phi) is 7.86. The quantitative estimate of drug-likeness (QED) is 0.454. The minimum atomic E-state index is -3.82. The van der Waals surface area contributed by atoms with Gasteiger partial charge in [-0.3, -0.25) is 4.68 Å². The van der Waals surface area contributed by atoms with Gasteiger partial charge in [0.15, 0.2) is 6.10 Å². The maximum atomic E-state index is 15.1. The van der Waals surface area contributed by atoms with Crippen molar-refractivity contribution in [1.29, 1.82) is 0 Å². The summed E-state index contributed by atoms with van der Waals surface area (Å²) in [5.74, 6) is -5.22. The zero-order valence-electron chi connectivity index (χ0n) is 20.0. The molecule has 8 nitrogen and oxygen atoms in total. The molecule has 34 heavy (non-hydrogen) atoms. The monoisotopic (exact) mass is 484 g/mol. The lowest BCUT2D eigenvalue weighted by Gasteiger charge is -2.44. The maximum absolute atomic E-state index is 15.1. The Hall–Kier alpha value is -2.27. The van der Waals surface area contributed by atoms with Crippen LogP contribution in [0.1, 0.15) is 50.6 Å². The van der Waals surface area contributed by atoms with Crippen molar-refractivity contribution in [2.75, 3.05) is 6.61 Å². The topological polar surface area (TPSA) is 117 Å². The number of halogens is 2. The van der Waals surface area contributed by atoms with Crippen LogP contribution < -0.4 is 9.47 Å². The first kappa shape index (κ1) is 26.3. The van der Waals surface area contributed by atoms with Crippen LogP contribution in [0, 0.1) is 12.8 Å². The van der Waals surface area contributed by atoms with Gasteiger partial charge in [-0.05, 0) is 52.3 Å². The summed E-state index contributed by atoms with van der Waals surface area (Å²) < 4.78 is 43.1. The van der Waals surface area contributed by atoms with Crippen molar-refractivity contribution in [3.63, 3.8) is 0 Å². The number of aromatic nitrogens is 2. The van der Waals surface area contributed by atoms with E-state index >= 15 is 8.78 Å². The number of nitrogens with zero attached hydrogens (tertiary/aromatic N) is 2. The Bertz CT molecular complexity index is 963. The normalized spacial score (nSPS) is 26.8. The highest BCUT2D eigenvalue weighted by Gasteiger charge is 2.62. The summed E-state index contributed by atoms with van der Waals surface area (Å²) in [6.07, 6.45) is -7.87. The highest BCUT2D eigenvalue weighted by molar-refractivity contribution is 5.38. The SMILES string of the molecule is Cc1c(Cc2ccc(OC(C)C)cc2)c(O[C@H]2[C@H](O)[C@@H](O)[C@H](O)[C@@H](CO)C2(F)F)nn1C(C)C. The molecule has 0 unspecified atom stereocenters. The van der Waals surface area contributed by atoms with Crippen molar-refractivity contribution in [1.82, 2.24) is 9.78 Å². The number of ether oxygens (including phenoxy) is 2. The van der Waals surface area contributed by atoms with Crippen molar-refractivity contribution in [2.24, 2.45) is 5.92 Å². The molecule has 2 aromatic rings. The number of benzene rings is 1. The Morgan fingerprint density at radius 3 is 2.18 bits per heavy atom. The van der Waals surface area contributed by atoms with Gasteiger partial charge >= 0.3 is 0 Å². The Morgan fingerprint density at radius 2 is 1.65 bits per heavy atom. The van der Waals surface area contributed by atoms with Gasteiger partial charge in [0.05, 0.1) is 24.7 Å². The zero-order valence-corrected chi connectivity index (χ0v) is 20.0. The third-order valence-electron chi connectivity index (χ3n) is 6.13. The van der Waals surface area contributed by atoms with Crippen LogP contribution in [0.15, 0.2) is 24.3 Å². The molecule has 3 rings (SSSR count). The molecule has 0 radical (unpaired) electrons. The Labute approximate surface area is 197 Å². The van der Waals surface area contributed by atoms with E-state index in [9.17, 15) is 20.4 Å². The van der Waals surface area contributed by atoms with Gasteiger partial charge in [0.1, 0.15) is 18.0 Å². The minimum Gasteiger partial charge on any atom is -0.491 e. The summed E-state index contributed by atoms with van der Waals surface area (Å²) in [6, 6.07) is 7.27. The molecule has 0 aliphatic heterocycles. The Balaban J connectivity index is 1.96. The minimum absolute atomic E-state index is 0.0255. The van der Waals surface area contributed by atoms with E-state index < -0.39 is 42.9 Å². The van der Waals surface area contributed by atoms with Gasteiger partial charge in [0.25, 0.3) is 5.92 Å². The lowest BCUT2D eigenvalue weighted by Crippen LogP contribution is -2.67. The van der Waals surface area contributed by atoms with Gasteiger partial charge in [0, 0.05) is 23.7 Å².